The van der Waals surface area contributed by atoms with Gasteiger partial charge in [-0.05, 0) is 18.8 Å². The predicted molar refractivity (Wildman–Crippen MR) is 46.7 cm³/mol. The molecule has 1 aliphatic carbocycles. The lowest BCUT2D eigenvalue weighted by atomic mass is 9.70. The molecule has 0 N–H and O–H groups in total. The molecule has 2 unspecified atom stereocenters. The zero-order valence-electron chi connectivity index (χ0n) is 8.99. The molecular formula is C10H11F6N. The summed E-state index contributed by atoms with van der Waals surface area (Å²) >= 11 is 0. The first-order valence-electron chi connectivity index (χ1n) is 5.16. The lowest BCUT2D eigenvalue weighted by Crippen LogP contribution is -2.56. The van der Waals surface area contributed by atoms with E-state index in [0.29, 0.717) is 0 Å². The van der Waals surface area contributed by atoms with E-state index in [1.165, 1.54) is 13.0 Å². The summed E-state index contributed by atoms with van der Waals surface area (Å²) in [5.74, 6) is -3.60. The van der Waals surface area contributed by atoms with E-state index in [2.05, 4.69) is 0 Å². The highest BCUT2D eigenvalue weighted by Gasteiger charge is 2.78. The van der Waals surface area contributed by atoms with Crippen LogP contribution in [0.5, 0.6) is 0 Å². The highest BCUT2D eigenvalue weighted by molar-refractivity contribution is 5.12. The molecule has 0 spiro atoms. The maximum absolute atomic E-state index is 12.9. The Balaban J connectivity index is 3.43. The summed E-state index contributed by atoms with van der Waals surface area (Å²) < 4.78 is 77.5. The maximum Gasteiger partial charge on any atom is 0.404 e. The number of hydrogen-bond acceptors (Lipinski definition) is 1. The van der Waals surface area contributed by atoms with Crippen LogP contribution in [0.1, 0.15) is 26.2 Å². The third kappa shape index (κ3) is 1.78. The van der Waals surface area contributed by atoms with Crippen LogP contribution >= 0.6 is 0 Å². The van der Waals surface area contributed by atoms with E-state index in [1.54, 1.807) is 0 Å². The van der Waals surface area contributed by atoms with Gasteiger partial charge in [-0.25, -0.2) is 0 Å². The van der Waals surface area contributed by atoms with Crippen LogP contribution in [0.4, 0.5) is 26.3 Å². The van der Waals surface area contributed by atoms with Gasteiger partial charge in [0.2, 0.25) is 0 Å². The van der Waals surface area contributed by atoms with E-state index < -0.39 is 29.6 Å². The van der Waals surface area contributed by atoms with Gasteiger partial charge in [-0.1, -0.05) is 13.3 Å². The van der Waals surface area contributed by atoms with Gasteiger partial charge in [-0.2, -0.15) is 31.6 Å². The molecule has 7 heteroatoms. The predicted octanol–water partition coefficient (Wildman–Crippen LogP) is 4.06. The molecule has 0 radical (unpaired) electrons. The molecule has 0 amide bonds. The van der Waals surface area contributed by atoms with Crippen molar-refractivity contribution in [3.05, 3.63) is 0 Å². The number of alkyl halides is 6. The second kappa shape index (κ2) is 4.07. The average molecular weight is 259 g/mol. The van der Waals surface area contributed by atoms with Crippen molar-refractivity contribution < 1.29 is 26.3 Å². The van der Waals surface area contributed by atoms with E-state index in [4.69, 9.17) is 5.26 Å². The van der Waals surface area contributed by atoms with Gasteiger partial charge in [0.25, 0.3) is 0 Å². The van der Waals surface area contributed by atoms with Gasteiger partial charge in [0.15, 0.2) is 5.41 Å². The Morgan fingerprint density at radius 1 is 1.12 bits per heavy atom. The number of nitriles is 1. The normalized spacial score (nSPS) is 29.1. The van der Waals surface area contributed by atoms with Gasteiger partial charge >= 0.3 is 12.4 Å². The fourth-order valence-electron chi connectivity index (χ4n) is 2.82. The van der Waals surface area contributed by atoms with Crippen molar-refractivity contribution in [3.63, 3.8) is 0 Å². The van der Waals surface area contributed by atoms with Gasteiger partial charge in [0.1, 0.15) is 0 Å². The van der Waals surface area contributed by atoms with Gasteiger partial charge < -0.3 is 0 Å². The summed E-state index contributed by atoms with van der Waals surface area (Å²) in [6.07, 6.45) is -11.7. The summed E-state index contributed by atoms with van der Waals surface area (Å²) in [4.78, 5) is 0. The van der Waals surface area contributed by atoms with Crippen LogP contribution in [-0.2, 0) is 0 Å². The molecule has 1 nitrogen and oxygen atoms in total. The van der Waals surface area contributed by atoms with Crippen molar-refractivity contribution in [1.82, 2.24) is 0 Å². The largest absolute Gasteiger partial charge is 0.404 e. The van der Waals surface area contributed by atoms with Crippen molar-refractivity contribution in [2.75, 3.05) is 0 Å². The minimum Gasteiger partial charge on any atom is -0.198 e. The second-order valence-corrected chi connectivity index (χ2v) is 4.23. The molecule has 98 valence electrons. The molecule has 17 heavy (non-hydrogen) atoms. The van der Waals surface area contributed by atoms with Gasteiger partial charge in [0, 0.05) is 0 Å². The maximum atomic E-state index is 12.9. The van der Waals surface area contributed by atoms with Crippen molar-refractivity contribution in [2.45, 2.75) is 38.5 Å². The van der Waals surface area contributed by atoms with E-state index >= 15 is 0 Å². The highest BCUT2D eigenvalue weighted by atomic mass is 19.4. The number of rotatable bonds is 1. The fourth-order valence-corrected chi connectivity index (χ4v) is 2.82. The van der Waals surface area contributed by atoms with Crippen LogP contribution in [-0.4, -0.2) is 12.4 Å². The van der Waals surface area contributed by atoms with Crippen LogP contribution in [0.2, 0.25) is 0 Å². The summed E-state index contributed by atoms with van der Waals surface area (Å²) in [6, 6.07) is 1.19. The first-order valence-corrected chi connectivity index (χ1v) is 5.16. The van der Waals surface area contributed by atoms with Gasteiger partial charge in [-0.15, -0.1) is 0 Å². The fraction of sp³-hybridized carbons (Fsp3) is 0.900. The van der Waals surface area contributed by atoms with Crippen LogP contribution in [0.3, 0.4) is 0 Å². The Labute approximate surface area is 94.4 Å². The van der Waals surface area contributed by atoms with E-state index in [1.807, 2.05) is 0 Å². The van der Waals surface area contributed by atoms with E-state index in [-0.39, 0.29) is 19.3 Å². The van der Waals surface area contributed by atoms with Crippen molar-refractivity contribution in [2.24, 2.45) is 17.3 Å². The third-order valence-corrected chi connectivity index (χ3v) is 3.58. The molecular weight excluding hydrogens is 248 g/mol. The van der Waals surface area contributed by atoms with Crippen molar-refractivity contribution >= 4 is 0 Å². The molecule has 1 fully saturated rings. The molecule has 2 atom stereocenters. The Morgan fingerprint density at radius 3 is 1.88 bits per heavy atom. The molecule has 1 rings (SSSR count). The Bertz CT molecular complexity index is 309. The minimum atomic E-state index is -5.44. The lowest BCUT2D eigenvalue weighted by molar-refractivity contribution is -0.361. The Morgan fingerprint density at radius 2 is 1.59 bits per heavy atom. The first kappa shape index (κ1) is 14.1. The molecule has 1 saturated carbocycles. The molecule has 0 aromatic carbocycles. The van der Waals surface area contributed by atoms with E-state index in [9.17, 15) is 26.3 Å². The smallest absolute Gasteiger partial charge is 0.198 e. The molecule has 0 saturated heterocycles. The summed E-state index contributed by atoms with van der Waals surface area (Å²) in [6.45, 7) is 1.29. The molecule has 1 aliphatic rings. The van der Waals surface area contributed by atoms with Crippen LogP contribution in [0, 0.1) is 28.6 Å². The number of nitrogens with zero attached hydrogens (tertiary/aromatic N) is 1. The SMILES string of the molecule is CCC1CCC(C#N)C1(C(F)(F)F)C(F)(F)F. The monoisotopic (exact) mass is 259 g/mol. The Kier molecular flexibility index (Phi) is 3.38. The standard InChI is InChI=1S/C10H11F6N/c1-2-6-3-4-7(5-17)8(6,9(11,12)13)10(14,15)16/h6-7H,2-4H2,1H3. The molecule has 0 aliphatic heterocycles. The zero-order chi connectivity index (χ0) is 13.5. The minimum absolute atomic E-state index is 0.215. The molecule has 0 bridgehead atoms. The lowest BCUT2D eigenvalue weighted by Gasteiger charge is -2.40. The Hall–Kier alpha value is -0.930. The number of halogens is 6. The average Bonchev–Trinajstić information content (AvgIpc) is 2.54. The molecule has 0 aromatic rings. The summed E-state index contributed by atoms with van der Waals surface area (Å²) in [5, 5.41) is 8.59. The topological polar surface area (TPSA) is 23.8 Å². The molecule has 0 heterocycles. The summed E-state index contributed by atoms with van der Waals surface area (Å²) in [7, 11) is 0. The van der Waals surface area contributed by atoms with Crippen molar-refractivity contribution in [1.29, 1.82) is 5.26 Å². The highest BCUT2D eigenvalue weighted by Crippen LogP contribution is 2.65. The number of hydrogen-bond donors (Lipinski definition) is 0. The van der Waals surface area contributed by atoms with Crippen molar-refractivity contribution in [3.8, 4) is 6.07 Å². The van der Waals surface area contributed by atoms with Gasteiger partial charge in [-0.3, -0.25) is 0 Å². The molecule has 0 aromatic heterocycles. The zero-order valence-corrected chi connectivity index (χ0v) is 8.99. The van der Waals surface area contributed by atoms with Gasteiger partial charge in [0.05, 0.1) is 12.0 Å². The first-order chi connectivity index (χ1) is 7.62. The van der Waals surface area contributed by atoms with E-state index in [0.717, 1.165) is 0 Å². The quantitative estimate of drug-likeness (QED) is 0.651. The summed E-state index contributed by atoms with van der Waals surface area (Å²) in [5.41, 5.74) is -3.86. The van der Waals surface area contributed by atoms with Crippen LogP contribution in [0.15, 0.2) is 0 Å². The third-order valence-electron chi connectivity index (χ3n) is 3.58. The van der Waals surface area contributed by atoms with Crippen LogP contribution in [0.25, 0.3) is 0 Å². The second-order valence-electron chi connectivity index (χ2n) is 4.23. The van der Waals surface area contributed by atoms with Crippen LogP contribution < -0.4 is 0 Å².